The molecule has 1 atom stereocenters. The molecule has 5 nitrogen and oxygen atoms in total. The van der Waals surface area contributed by atoms with Gasteiger partial charge in [-0.1, -0.05) is 31.9 Å². The number of nitrogens with zero attached hydrogens (tertiary/aromatic N) is 3. The zero-order valence-electron chi connectivity index (χ0n) is 10.9. The third-order valence-corrected chi connectivity index (χ3v) is 2.64. The highest BCUT2D eigenvalue weighted by atomic mass is 16.5. The van der Waals surface area contributed by atoms with Gasteiger partial charge in [-0.3, -0.25) is 0 Å². The van der Waals surface area contributed by atoms with Crippen LogP contribution in [-0.4, -0.2) is 28.2 Å². The zero-order valence-corrected chi connectivity index (χ0v) is 10.9. The molecule has 0 saturated heterocycles. The largest absolute Gasteiger partial charge is 0.380 e. The number of hydrogen-bond donors (Lipinski definition) is 1. The fourth-order valence-electron chi connectivity index (χ4n) is 1.56. The first kappa shape index (κ1) is 14.1. The predicted octanol–water partition coefficient (Wildman–Crippen LogP) is 1.89. The van der Waals surface area contributed by atoms with E-state index in [1.54, 1.807) is 4.68 Å². The van der Waals surface area contributed by atoms with E-state index in [4.69, 9.17) is 10.5 Å². The van der Waals surface area contributed by atoms with E-state index in [0.29, 0.717) is 6.61 Å². The van der Waals surface area contributed by atoms with Gasteiger partial charge in [-0.05, 0) is 12.8 Å². The van der Waals surface area contributed by atoms with E-state index >= 15 is 0 Å². The number of hydrogen-bond acceptors (Lipinski definition) is 4. The van der Waals surface area contributed by atoms with Gasteiger partial charge in [0, 0.05) is 6.61 Å². The van der Waals surface area contributed by atoms with Crippen LogP contribution in [0.1, 0.15) is 51.3 Å². The minimum absolute atomic E-state index is 0.00904. The molecule has 1 aromatic rings. The second-order valence-electron chi connectivity index (χ2n) is 4.27. The van der Waals surface area contributed by atoms with Crippen molar-refractivity contribution in [1.29, 1.82) is 0 Å². The maximum Gasteiger partial charge on any atom is 0.0994 e. The molecule has 0 aliphatic carbocycles. The predicted molar refractivity (Wildman–Crippen MR) is 67.6 cm³/mol. The highest BCUT2D eigenvalue weighted by molar-refractivity contribution is 4.99. The van der Waals surface area contributed by atoms with Crippen molar-refractivity contribution in [3.05, 3.63) is 11.9 Å². The van der Waals surface area contributed by atoms with Gasteiger partial charge in [-0.25, -0.2) is 4.68 Å². The molecular formula is C12H24N4O. The van der Waals surface area contributed by atoms with E-state index in [1.807, 2.05) is 6.20 Å². The van der Waals surface area contributed by atoms with Crippen molar-refractivity contribution in [1.82, 2.24) is 15.0 Å². The Morgan fingerprint density at radius 3 is 2.88 bits per heavy atom. The van der Waals surface area contributed by atoms with Crippen LogP contribution in [0.25, 0.3) is 0 Å². The Balaban J connectivity index is 2.25. The van der Waals surface area contributed by atoms with Gasteiger partial charge >= 0.3 is 0 Å². The highest BCUT2D eigenvalue weighted by Crippen LogP contribution is 2.11. The van der Waals surface area contributed by atoms with E-state index in [-0.39, 0.29) is 6.04 Å². The van der Waals surface area contributed by atoms with Gasteiger partial charge in [0.2, 0.25) is 0 Å². The Morgan fingerprint density at radius 1 is 1.35 bits per heavy atom. The van der Waals surface area contributed by atoms with Crippen molar-refractivity contribution >= 4 is 0 Å². The molecular weight excluding hydrogens is 216 g/mol. The van der Waals surface area contributed by atoms with Gasteiger partial charge < -0.3 is 10.5 Å². The summed E-state index contributed by atoms with van der Waals surface area (Å²) >= 11 is 0. The minimum atomic E-state index is 0.00904. The molecule has 0 aromatic carbocycles. The molecule has 0 amide bonds. The SMILES string of the molecule is CCCCOCCn1cc(C(N)CCC)nn1. The number of nitrogens with two attached hydrogens (primary N) is 1. The van der Waals surface area contributed by atoms with Crippen molar-refractivity contribution < 1.29 is 4.74 Å². The lowest BCUT2D eigenvalue weighted by atomic mass is 10.1. The fourth-order valence-corrected chi connectivity index (χ4v) is 1.56. The maximum atomic E-state index is 5.97. The van der Waals surface area contributed by atoms with E-state index in [1.165, 1.54) is 6.42 Å². The molecule has 0 aliphatic rings. The Labute approximate surface area is 103 Å². The number of aromatic nitrogens is 3. The van der Waals surface area contributed by atoms with Crippen LogP contribution in [-0.2, 0) is 11.3 Å². The second kappa shape index (κ2) is 8.20. The van der Waals surface area contributed by atoms with Crippen LogP contribution in [0.4, 0.5) is 0 Å². The smallest absolute Gasteiger partial charge is 0.0994 e. The lowest BCUT2D eigenvalue weighted by Crippen LogP contribution is -2.10. The molecule has 0 radical (unpaired) electrons. The molecule has 0 bridgehead atoms. The summed E-state index contributed by atoms with van der Waals surface area (Å²) in [7, 11) is 0. The van der Waals surface area contributed by atoms with Gasteiger partial charge in [-0.2, -0.15) is 0 Å². The summed E-state index contributed by atoms with van der Waals surface area (Å²) < 4.78 is 7.28. The summed E-state index contributed by atoms with van der Waals surface area (Å²) in [4.78, 5) is 0. The number of rotatable bonds is 9. The molecule has 5 heteroatoms. The summed E-state index contributed by atoms with van der Waals surface area (Å²) in [6.07, 6.45) is 6.21. The van der Waals surface area contributed by atoms with Gasteiger partial charge in [-0.15, -0.1) is 5.10 Å². The molecule has 0 saturated carbocycles. The topological polar surface area (TPSA) is 66.0 Å². The molecule has 2 N–H and O–H groups in total. The van der Waals surface area contributed by atoms with E-state index < -0.39 is 0 Å². The van der Waals surface area contributed by atoms with Gasteiger partial charge in [0.05, 0.1) is 31.1 Å². The Hall–Kier alpha value is -0.940. The summed E-state index contributed by atoms with van der Waals surface area (Å²) in [5.74, 6) is 0. The quantitative estimate of drug-likeness (QED) is 0.669. The molecule has 98 valence electrons. The van der Waals surface area contributed by atoms with Crippen LogP contribution in [0.15, 0.2) is 6.20 Å². The summed E-state index contributed by atoms with van der Waals surface area (Å²) in [5.41, 5.74) is 6.84. The Kier molecular flexibility index (Phi) is 6.81. The Morgan fingerprint density at radius 2 is 2.18 bits per heavy atom. The second-order valence-corrected chi connectivity index (χ2v) is 4.27. The first-order chi connectivity index (χ1) is 8.27. The van der Waals surface area contributed by atoms with Crippen molar-refractivity contribution in [3.8, 4) is 0 Å². The molecule has 1 heterocycles. The first-order valence-corrected chi connectivity index (χ1v) is 6.51. The molecule has 17 heavy (non-hydrogen) atoms. The van der Waals surface area contributed by atoms with Crippen LogP contribution in [0.5, 0.6) is 0 Å². The summed E-state index contributed by atoms with van der Waals surface area (Å²) in [6.45, 7) is 6.53. The first-order valence-electron chi connectivity index (χ1n) is 6.51. The van der Waals surface area contributed by atoms with E-state index in [9.17, 15) is 0 Å². The minimum Gasteiger partial charge on any atom is -0.380 e. The molecule has 0 spiro atoms. The van der Waals surface area contributed by atoms with Crippen LogP contribution in [0.2, 0.25) is 0 Å². The fraction of sp³-hybridized carbons (Fsp3) is 0.833. The maximum absolute atomic E-state index is 5.97. The Bertz CT molecular complexity index is 300. The van der Waals surface area contributed by atoms with E-state index in [0.717, 1.165) is 38.1 Å². The third kappa shape index (κ3) is 5.28. The number of unbranched alkanes of at least 4 members (excludes halogenated alkanes) is 1. The normalized spacial score (nSPS) is 12.9. The third-order valence-electron chi connectivity index (χ3n) is 2.64. The van der Waals surface area contributed by atoms with Crippen molar-refractivity contribution in [3.63, 3.8) is 0 Å². The van der Waals surface area contributed by atoms with Gasteiger partial charge in [0.1, 0.15) is 0 Å². The standard InChI is InChI=1S/C12H24N4O/c1-3-5-8-17-9-7-16-10-12(14-15-16)11(13)6-4-2/h10-11H,3-9,13H2,1-2H3. The van der Waals surface area contributed by atoms with Gasteiger partial charge in [0.25, 0.3) is 0 Å². The summed E-state index contributed by atoms with van der Waals surface area (Å²) in [6, 6.07) is 0.00904. The average molecular weight is 240 g/mol. The van der Waals surface area contributed by atoms with Crippen molar-refractivity contribution in [2.24, 2.45) is 5.73 Å². The number of ether oxygens (including phenoxy) is 1. The monoisotopic (exact) mass is 240 g/mol. The van der Waals surface area contributed by atoms with E-state index in [2.05, 4.69) is 24.2 Å². The molecule has 1 aromatic heterocycles. The van der Waals surface area contributed by atoms with Crippen LogP contribution < -0.4 is 5.73 Å². The molecule has 0 fully saturated rings. The zero-order chi connectivity index (χ0) is 12.5. The van der Waals surface area contributed by atoms with Crippen LogP contribution >= 0.6 is 0 Å². The van der Waals surface area contributed by atoms with Crippen LogP contribution in [0.3, 0.4) is 0 Å². The molecule has 1 unspecified atom stereocenters. The highest BCUT2D eigenvalue weighted by Gasteiger charge is 2.09. The summed E-state index contributed by atoms with van der Waals surface area (Å²) in [5, 5.41) is 8.13. The van der Waals surface area contributed by atoms with Crippen LogP contribution in [0, 0.1) is 0 Å². The lowest BCUT2D eigenvalue weighted by Gasteiger charge is -2.04. The average Bonchev–Trinajstić information content (AvgIpc) is 2.78. The van der Waals surface area contributed by atoms with Gasteiger partial charge in [0.15, 0.2) is 0 Å². The van der Waals surface area contributed by atoms with Crippen molar-refractivity contribution in [2.75, 3.05) is 13.2 Å². The van der Waals surface area contributed by atoms with Crippen molar-refractivity contribution in [2.45, 2.75) is 52.1 Å². The molecule has 0 aliphatic heterocycles. The molecule has 1 rings (SSSR count). The lowest BCUT2D eigenvalue weighted by molar-refractivity contribution is 0.120.